The molecular weight excluding hydrogens is 336 g/mol. The van der Waals surface area contributed by atoms with Crippen molar-refractivity contribution in [3.8, 4) is 0 Å². The molecule has 0 N–H and O–H groups in total. The predicted molar refractivity (Wildman–Crippen MR) is 98.7 cm³/mol. The number of carbonyl (C=O) groups excluding carboxylic acids is 1. The first-order valence-corrected chi connectivity index (χ1v) is 9.27. The number of nitrogens with zero attached hydrogens (tertiary/aromatic N) is 2. The molecule has 0 aromatic heterocycles. The molecule has 0 radical (unpaired) electrons. The van der Waals surface area contributed by atoms with Crippen LogP contribution in [-0.4, -0.2) is 44.2 Å². The quantitative estimate of drug-likeness (QED) is 0.715. The van der Waals surface area contributed by atoms with Crippen LogP contribution in [0.25, 0.3) is 0 Å². The summed E-state index contributed by atoms with van der Waals surface area (Å²) in [5.41, 5.74) is 1.46. The van der Waals surface area contributed by atoms with Gasteiger partial charge >= 0.3 is 0 Å². The third kappa shape index (κ3) is 4.55. The van der Waals surface area contributed by atoms with Gasteiger partial charge in [-0.3, -0.25) is 4.79 Å². The van der Waals surface area contributed by atoms with E-state index in [-0.39, 0.29) is 10.8 Å². The molecule has 0 fully saturated rings. The highest BCUT2D eigenvalue weighted by atomic mass is 32.2. The van der Waals surface area contributed by atoms with Gasteiger partial charge in [0.15, 0.2) is 0 Å². The minimum atomic E-state index is -3.51. The maximum absolute atomic E-state index is 12.8. The number of hydrogen-bond acceptors (Lipinski definition) is 3. The fraction of sp³-hybridized carbons (Fsp3) is 0.211. The molecule has 25 heavy (non-hydrogen) atoms. The Labute approximate surface area is 149 Å². The molecule has 6 heteroatoms. The Hall–Kier alpha value is -2.44. The second-order valence-corrected chi connectivity index (χ2v) is 7.92. The van der Waals surface area contributed by atoms with Gasteiger partial charge in [0.25, 0.3) is 5.91 Å². The lowest BCUT2D eigenvalue weighted by Gasteiger charge is -2.21. The van der Waals surface area contributed by atoms with Crippen molar-refractivity contribution in [1.29, 1.82) is 0 Å². The van der Waals surface area contributed by atoms with Crippen LogP contribution >= 0.6 is 0 Å². The van der Waals surface area contributed by atoms with Crippen LogP contribution in [-0.2, 0) is 16.6 Å². The first-order chi connectivity index (χ1) is 11.9. The molecule has 0 saturated heterocycles. The Balaban J connectivity index is 2.23. The molecule has 132 valence electrons. The highest BCUT2D eigenvalue weighted by Crippen LogP contribution is 2.16. The third-order valence-corrected chi connectivity index (χ3v) is 5.56. The standard InChI is InChI=1S/C19H22N2O3S/c1-4-14-21(15-16-8-6-5-7-9-16)19(22)17-10-12-18(13-11-17)25(23,24)20(2)3/h4-13H,1,14-15H2,2-3H3. The number of sulfonamides is 1. The Morgan fingerprint density at radius 3 is 2.16 bits per heavy atom. The van der Waals surface area contributed by atoms with Gasteiger partial charge in [-0.05, 0) is 29.8 Å². The zero-order valence-electron chi connectivity index (χ0n) is 14.4. The monoisotopic (exact) mass is 358 g/mol. The van der Waals surface area contributed by atoms with Crippen molar-refractivity contribution in [2.75, 3.05) is 20.6 Å². The second kappa shape index (κ2) is 8.09. The molecule has 0 spiro atoms. The molecule has 2 rings (SSSR count). The van der Waals surface area contributed by atoms with E-state index in [1.165, 1.54) is 26.2 Å². The van der Waals surface area contributed by atoms with E-state index >= 15 is 0 Å². The van der Waals surface area contributed by atoms with Gasteiger partial charge in [0.05, 0.1) is 4.90 Å². The van der Waals surface area contributed by atoms with Gasteiger partial charge in [-0.2, -0.15) is 0 Å². The minimum Gasteiger partial charge on any atom is -0.331 e. The highest BCUT2D eigenvalue weighted by Gasteiger charge is 2.19. The van der Waals surface area contributed by atoms with E-state index in [2.05, 4.69) is 6.58 Å². The highest BCUT2D eigenvalue weighted by molar-refractivity contribution is 7.89. The minimum absolute atomic E-state index is 0.160. The van der Waals surface area contributed by atoms with E-state index in [9.17, 15) is 13.2 Å². The molecule has 0 saturated carbocycles. The maximum atomic E-state index is 12.8. The van der Waals surface area contributed by atoms with Crippen LogP contribution in [0.2, 0.25) is 0 Å². The van der Waals surface area contributed by atoms with Crippen LogP contribution in [0.5, 0.6) is 0 Å². The maximum Gasteiger partial charge on any atom is 0.254 e. The molecule has 0 aliphatic carbocycles. The van der Waals surface area contributed by atoms with E-state index in [1.807, 2.05) is 30.3 Å². The largest absolute Gasteiger partial charge is 0.331 e. The molecule has 1 amide bonds. The van der Waals surface area contributed by atoms with Gasteiger partial charge in [-0.25, -0.2) is 12.7 Å². The lowest BCUT2D eigenvalue weighted by molar-refractivity contribution is 0.0762. The van der Waals surface area contributed by atoms with Gasteiger partial charge in [-0.15, -0.1) is 6.58 Å². The molecule has 5 nitrogen and oxygen atoms in total. The van der Waals surface area contributed by atoms with Crippen LogP contribution < -0.4 is 0 Å². The molecule has 0 bridgehead atoms. The van der Waals surface area contributed by atoms with Crippen molar-refractivity contribution >= 4 is 15.9 Å². The van der Waals surface area contributed by atoms with Crippen LogP contribution in [0.4, 0.5) is 0 Å². The lowest BCUT2D eigenvalue weighted by Crippen LogP contribution is -2.30. The summed E-state index contributed by atoms with van der Waals surface area (Å²) in [7, 11) is -0.562. The molecule has 2 aromatic carbocycles. The fourth-order valence-corrected chi connectivity index (χ4v) is 3.24. The fourth-order valence-electron chi connectivity index (χ4n) is 2.34. The summed E-state index contributed by atoms with van der Waals surface area (Å²) < 4.78 is 25.4. The summed E-state index contributed by atoms with van der Waals surface area (Å²) in [6, 6.07) is 15.7. The van der Waals surface area contributed by atoms with E-state index in [4.69, 9.17) is 0 Å². The van der Waals surface area contributed by atoms with Crippen molar-refractivity contribution in [1.82, 2.24) is 9.21 Å². The molecule has 0 heterocycles. The van der Waals surface area contributed by atoms with Crippen molar-refractivity contribution in [3.05, 3.63) is 78.4 Å². The van der Waals surface area contributed by atoms with Crippen molar-refractivity contribution in [3.63, 3.8) is 0 Å². The summed E-state index contributed by atoms with van der Waals surface area (Å²) >= 11 is 0. The second-order valence-electron chi connectivity index (χ2n) is 5.77. The van der Waals surface area contributed by atoms with Gasteiger partial charge < -0.3 is 4.90 Å². The molecule has 0 aliphatic heterocycles. The van der Waals surface area contributed by atoms with Crippen LogP contribution in [0.15, 0.2) is 72.1 Å². The van der Waals surface area contributed by atoms with Crippen LogP contribution in [0.3, 0.4) is 0 Å². The Kier molecular flexibility index (Phi) is 6.12. The van der Waals surface area contributed by atoms with Gasteiger partial charge in [0.1, 0.15) is 0 Å². The van der Waals surface area contributed by atoms with Gasteiger partial charge in [-0.1, -0.05) is 36.4 Å². The van der Waals surface area contributed by atoms with E-state index < -0.39 is 10.0 Å². The average Bonchev–Trinajstić information content (AvgIpc) is 2.61. The summed E-state index contributed by atoms with van der Waals surface area (Å²) in [5.74, 6) is -0.169. The number of rotatable bonds is 7. The predicted octanol–water partition coefficient (Wildman–Crippen LogP) is 2.77. The van der Waals surface area contributed by atoms with Gasteiger partial charge in [0, 0.05) is 32.7 Å². The Bertz CT molecular complexity index is 829. The topological polar surface area (TPSA) is 57.7 Å². The SMILES string of the molecule is C=CCN(Cc1ccccc1)C(=O)c1ccc(S(=O)(=O)N(C)C)cc1. The number of amides is 1. The summed E-state index contributed by atoms with van der Waals surface area (Å²) in [4.78, 5) is 14.6. The zero-order chi connectivity index (χ0) is 18.4. The number of carbonyl (C=O) groups is 1. The number of benzene rings is 2. The average molecular weight is 358 g/mol. The van der Waals surface area contributed by atoms with Crippen molar-refractivity contribution in [2.45, 2.75) is 11.4 Å². The van der Waals surface area contributed by atoms with Crippen LogP contribution in [0.1, 0.15) is 15.9 Å². The molecule has 2 aromatic rings. The van der Waals surface area contributed by atoms with E-state index in [0.29, 0.717) is 18.7 Å². The lowest BCUT2D eigenvalue weighted by atomic mass is 10.1. The molecule has 0 unspecified atom stereocenters. The van der Waals surface area contributed by atoms with Crippen LogP contribution in [0, 0.1) is 0 Å². The number of hydrogen-bond donors (Lipinski definition) is 0. The van der Waals surface area contributed by atoms with Gasteiger partial charge in [0.2, 0.25) is 10.0 Å². The smallest absolute Gasteiger partial charge is 0.254 e. The van der Waals surface area contributed by atoms with Crippen molar-refractivity contribution < 1.29 is 13.2 Å². The van der Waals surface area contributed by atoms with E-state index in [1.54, 1.807) is 23.1 Å². The molecule has 0 atom stereocenters. The Morgan fingerprint density at radius 1 is 1.04 bits per heavy atom. The zero-order valence-corrected chi connectivity index (χ0v) is 15.2. The first kappa shape index (κ1) is 18.9. The normalized spacial score (nSPS) is 11.3. The van der Waals surface area contributed by atoms with Crippen molar-refractivity contribution in [2.24, 2.45) is 0 Å². The molecular formula is C19H22N2O3S. The summed E-state index contributed by atoms with van der Waals surface area (Å²) in [6.45, 7) is 4.58. The third-order valence-electron chi connectivity index (χ3n) is 3.73. The van der Waals surface area contributed by atoms with E-state index in [0.717, 1.165) is 9.87 Å². The molecule has 0 aliphatic rings. The Morgan fingerprint density at radius 2 is 1.64 bits per heavy atom. The summed E-state index contributed by atoms with van der Waals surface area (Å²) in [5, 5.41) is 0. The first-order valence-electron chi connectivity index (χ1n) is 7.83. The summed E-state index contributed by atoms with van der Waals surface area (Å²) in [6.07, 6.45) is 1.67.